The van der Waals surface area contributed by atoms with Gasteiger partial charge in [0, 0.05) is 30.5 Å². The van der Waals surface area contributed by atoms with Crippen LogP contribution in [0.2, 0.25) is 0 Å². The lowest BCUT2D eigenvalue weighted by Crippen LogP contribution is -2.37. The highest BCUT2D eigenvalue weighted by Gasteiger charge is 2.18. The number of hydrogen-bond acceptors (Lipinski definition) is 4. The van der Waals surface area contributed by atoms with Crippen molar-refractivity contribution in [3.05, 3.63) is 34.7 Å². The minimum Gasteiger partial charge on any atom is -0.354 e. The molecule has 0 aromatic carbocycles. The van der Waals surface area contributed by atoms with Gasteiger partial charge in [-0.15, -0.1) is 11.3 Å². The van der Waals surface area contributed by atoms with Gasteiger partial charge in [-0.2, -0.15) is 5.10 Å². The Bertz CT molecular complexity index is 707. The maximum absolute atomic E-state index is 12.0. The van der Waals surface area contributed by atoms with Gasteiger partial charge in [0.15, 0.2) is 0 Å². The summed E-state index contributed by atoms with van der Waals surface area (Å²) in [6, 6.07) is 5.48. The van der Waals surface area contributed by atoms with Crippen LogP contribution >= 0.6 is 11.3 Å². The molecule has 0 saturated heterocycles. The van der Waals surface area contributed by atoms with Gasteiger partial charge in [0.2, 0.25) is 5.91 Å². The number of rotatable bonds is 8. The van der Waals surface area contributed by atoms with Crippen LogP contribution in [-0.4, -0.2) is 34.8 Å². The van der Waals surface area contributed by atoms with Gasteiger partial charge in [0.05, 0.1) is 12.7 Å². The fourth-order valence-electron chi connectivity index (χ4n) is 3.20. The number of aromatic nitrogens is 2. The Kier molecular flexibility index (Phi) is 6.65. The molecule has 3 N–H and O–H groups in total. The highest BCUT2D eigenvalue weighted by molar-refractivity contribution is 7.09. The molecule has 0 aliphatic heterocycles. The van der Waals surface area contributed by atoms with E-state index in [0.29, 0.717) is 37.8 Å². The molecule has 26 heavy (non-hydrogen) atoms. The SMILES string of the molecule is O=C(CC1CCCC1)NCCNC(=O)Nc1ccnn1Cc1cccs1. The predicted molar refractivity (Wildman–Crippen MR) is 102 cm³/mol. The number of carbonyl (C=O) groups is 2. The normalized spacial score (nSPS) is 14.3. The first-order valence-electron chi connectivity index (χ1n) is 9.06. The Morgan fingerprint density at radius 2 is 2.00 bits per heavy atom. The zero-order valence-corrected chi connectivity index (χ0v) is 15.6. The van der Waals surface area contributed by atoms with Crippen LogP contribution in [0.25, 0.3) is 0 Å². The molecule has 0 atom stereocenters. The van der Waals surface area contributed by atoms with Gasteiger partial charge < -0.3 is 10.6 Å². The number of thiophene rings is 1. The molecule has 1 aliphatic carbocycles. The van der Waals surface area contributed by atoms with Crippen molar-refractivity contribution in [3.63, 3.8) is 0 Å². The Hall–Kier alpha value is -2.35. The summed E-state index contributed by atoms with van der Waals surface area (Å²) in [6.45, 7) is 1.45. The maximum atomic E-state index is 12.0. The highest BCUT2D eigenvalue weighted by Crippen LogP contribution is 2.27. The summed E-state index contributed by atoms with van der Waals surface area (Å²) >= 11 is 1.65. The van der Waals surface area contributed by atoms with Gasteiger partial charge in [0.25, 0.3) is 0 Å². The van der Waals surface area contributed by atoms with E-state index < -0.39 is 0 Å². The van der Waals surface area contributed by atoms with Gasteiger partial charge >= 0.3 is 6.03 Å². The number of anilines is 1. The van der Waals surface area contributed by atoms with Crippen LogP contribution in [-0.2, 0) is 11.3 Å². The second kappa shape index (κ2) is 9.38. The standard InChI is InChI=1S/C18H25N5O2S/c24-17(12-14-4-1-2-5-14)19-9-10-20-18(25)22-16-7-8-21-23(16)13-15-6-3-11-26-15/h3,6-8,11,14H,1-2,4-5,9-10,12-13H2,(H,19,24)(H2,20,22,25). The quantitative estimate of drug-likeness (QED) is 0.620. The molecule has 1 fully saturated rings. The van der Waals surface area contributed by atoms with Crippen molar-refractivity contribution >= 4 is 29.1 Å². The fraction of sp³-hybridized carbons (Fsp3) is 0.500. The van der Waals surface area contributed by atoms with Crippen molar-refractivity contribution in [2.24, 2.45) is 5.92 Å². The number of carbonyl (C=O) groups excluding carboxylic acids is 2. The third-order valence-electron chi connectivity index (χ3n) is 4.53. The van der Waals surface area contributed by atoms with E-state index in [1.165, 1.54) is 17.7 Å². The van der Waals surface area contributed by atoms with E-state index in [1.807, 2.05) is 17.5 Å². The molecule has 7 nitrogen and oxygen atoms in total. The van der Waals surface area contributed by atoms with Crippen molar-refractivity contribution in [1.82, 2.24) is 20.4 Å². The first-order valence-corrected chi connectivity index (χ1v) is 9.94. The first-order chi connectivity index (χ1) is 12.7. The molecule has 0 spiro atoms. The zero-order valence-electron chi connectivity index (χ0n) is 14.7. The maximum Gasteiger partial charge on any atom is 0.320 e. The average Bonchev–Trinajstić information content (AvgIpc) is 3.36. The lowest BCUT2D eigenvalue weighted by molar-refractivity contribution is -0.121. The number of urea groups is 1. The second-order valence-corrected chi connectivity index (χ2v) is 7.57. The topological polar surface area (TPSA) is 88.1 Å². The van der Waals surface area contributed by atoms with E-state index in [9.17, 15) is 9.59 Å². The summed E-state index contributed by atoms with van der Waals surface area (Å²) in [5.74, 6) is 1.25. The molecule has 2 aromatic rings. The molecule has 0 radical (unpaired) electrons. The third-order valence-corrected chi connectivity index (χ3v) is 5.39. The summed E-state index contributed by atoms with van der Waals surface area (Å²) in [6.07, 6.45) is 7.06. The van der Waals surface area contributed by atoms with E-state index in [4.69, 9.17) is 0 Å². The summed E-state index contributed by atoms with van der Waals surface area (Å²) in [4.78, 5) is 25.0. The van der Waals surface area contributed by atoms with Crippen LogP contribution in [0.5, 0.6) is 0 Å². The summed E-state index contributed by atoms with van der Waals surface area (Å²) in [7, 11) is 0. The molecule has 2 heterocycles. The van der Waals surface area contributed by atoms with Gasteiger partial charge in [-0.05, 0) is 30.2 Å². The Balaban J connectivity index is 1.34. The Morgan fingerprint density at radius 1 is 1.19 bits per heavy atom. The monoisotopic (exact) mass is 375 g/mol. The van der Waals surface area contributed by atoms with Crippen LogP contribution in [0.1, 0.15) is 37.0 Å². The first kappa shape index (κ1) is 18.4. The highest BCUT2D eigenvalue weighted by atomic mass is 32.1. The van der Waals surface area contributed by atoms with Crippen LogP contribution in [0.15, 0.2) is 29.8 Å². The van der Waals surface area contributed by atoms with E-state index in [0.717, 1.165) is 12.8 Å². The molecule has 1 aliphatic rings. The van der Waals surface area contributed by atoms with Gasteiger partial charge in [-0.3, -0.25) is 10.1 Å². The van der Waals surface area contributed by atoms with Crippen LogP contribution < -0.4 is 16.0 Å². The smallest absolute Gasteiger partial charge is 0.320 e. The summed E-state index contributed by atoms with van der Waals surface area (Å²) in [5.41, 5.74) is 0. The van der Waals surface area contributed by atoms with E-state index in [2.05, 4.69) is 21.0 Å². The van der Waals surface area contributed by atoms with Crippen LogP contribution in [0.4, 0.5) is 10.6 Å². The molecule has 0 unspecified atom stereocenters. The van der Waals surface area contributed by atoms with Crippen molar-refractivity contribution in [2.75, 3.05) is 18.4 Å². The molecule has 3 rings (SSSR count). The van der Waals surface area contributed by atoms with Crippen molar-refractivity contribution in [3.8, 4) is 0 Å². The van der Waals surface area contributed by atoms with Crippen molar-refractivity contribution < 1.29 is 9.59 Å². The molecule has 8 heteroatoms. The number of hydrogen-bond donors (Lipinski definition) is 3. The molecule has 0 bridgehead atoms. The summed E-state index contributed by atoms with van der Waals surface area (Å²) < 4.78 is 1.74. The molecule has 2 aromatic heterocycles. The number of nitrogens with one attached hydrogen (secondary N) is 3. The predicted octanol–water partition coefficient (Wildman–Crippen LogP) is 2.81. The molecule has 140 valence electrons. The van der Waals surface area contributed by atoms with E-state index in [-0.39, 0.29) is 11.9 Å². The van der Waals surface area contributed by atoms with Gasteiger partial charge in [0.1, 0.15) is 5.82 Å². The third kappa shape index (κ3) is 5.59. The molecular formula is C18H25N5O2S. The number of amides is 3. The fourth-order valence-corrected chi connectivity index (χ4v) is 3.89. The van der Waals surface area contributed by atoms with Gasteiger partial charge in [-0.1, -0.05) is 18.9 Å². The minimum atomic E-state index is -0.303. The van der Waals surface area contributed by atoms with E-state index >= 15 is 0 Å². The Morgan fingerprint density at radius 3 is 2.77 bits per heavy atom. The Labute approximate surface area is 157 Å². The summed E-state index contributed by atoms with van der Waals surface area (Å²) in [5, 5.41) is 14.7. The minimum absolute atomic E-state index is 0.0770. The average molecular weight is 375 g/mol. The van der Waals surface area contributed by atoms with Gasteiger partial charge in [-0.25, -0.2) is 9.48 Å². The van der Waals surface area contributed by atoms with Crippen LogP contribution in [0, 0.1) is 5.92 Å². The van der Waals surface area contributed by atoms with E-state index in [1.54, 1.807) is 28.3 Å². The van der Waals surface area contributed by atoms with Crippen molar-refractivity contribution in [1.29, 1.82) is 0 Å². The molecule has 3 amide bonds. The second-order valence-electron chi connectivity index (χ2n) is 6.54. The van der Waals surface area contributed by atoms with Crippen molar-refractivity contribution in [2.45, 2.75) is 38.6 Å². The molecular weight excluding hydrogens is 350 g/mol. The largest absolute Gasteiger partial charge is 0.354 e. The van der Waals surface area contributed by atoms with Crippen LogP contribution in [0.3, 0.4) is 0 Å². The zero-order chi connectivity index (χ0) is 18.2. The molecule has 1 saturated carbocycles. The lowest BCUT2D eigenvalue weighted by atomic mass is 10.0. The lowest BCUT2D eigenvalue weighted by Gasteiger charge is -2.11. The number of nitrogens with zero attached hydrogens (tertiary/aromatic N) is 2.